The molecule has 1 aliphatic carbocycles. The average Bonchev–Trinajstić information content (AvgIpc) is 3.06. The fraction of sp³-hybridized carbons (Fsp3) is 0.611. The third kappa shape index (κ3) is 6.23. The van der Waals surface area contributed by atoms with Crippen LogP contribution in [0.4, 0.5) is 5.69 Å². The quantitative estimate of drug-likeness (QED) is 0.679. The molecule has 3 nitrogen and oxygen atoms in total. The molecule has 1 saturated carbocycles. The highest BCUT2D eigenvalue weighted by Crippen LogP contribution is 2.18. The Kier molecular flexibility index (Phi) is 8.04. The van der Waals surface area contributed by atoms with Gasteiger partial charge in [-0.15, -0.1) is 23.2 Å². The summed E-state index contributed by atoms with van der Waals surface area (Å²) in [7, 11) is 0. The minimum Gasteiger partial charge on any atom is -0.369 e. The molecule has 2 rings (SSSR count). The number of hydrogen-bond acceptors (Lipinski definition) is 2. The van der Waals surface area contributed by atoms with Gasteiger partial charge in [-0.2, -0.15) is 0 Å². The molecule has 128 valence electrons. The summed E-state index contributed by atoms with van der Waals surface area (Å²) in [6.45, 7) is 1.58. The molecular weight excluding hydrogens is 331 g/mol. The number of nitrogens with zero attached hydrogens (tertiary/aromatic N) is 1. The van der Waals surface area contributed by atoms with Crippen LogP contribution in [0.3, 0.4) is 0 Å². The summed E-state index contributed by atoms with van der Waals surface area (Å²) in [5.74, 6) is 1.34. The molecule has 1 aromatic carbocycles. The lowest BCUT2D eigenvalue weighted by molar-refractivity contribution is -0.121. The number of alkyl halides is 2. The van der Waals surface area contributed by atoms with E-state index >= 15 is 0 Å². The van der Waals surface area contributed by atoms with Gasteiger partial charge in [-0.05, 0) is 37.0 Å². The number of benzene rings is 1. The summed E-state index contributed by atoms with van der Waals surface area (Å²) in [4.78, 5) is 14.1. The third-order valence-electron chi connectivity index (χ3n) is 4.37. The SMILES string of the molecule is O=C(CCc1ccc(N(CCCl)CCCl)cc1)NC1CCCC1. The van der Waals surface area contributed by atoms with Crippen LogP contribution in [0.25, 0.3) is 0 Å². The van der Waals surface area contributed by atoms with Gasteiger partial charge in [0.2, 0.25) is 5.91 Å². The number of anilines is 1. The van der Waals surface area contributed by atoms with Crippen molar-refractivity contribution in [3.05, 3.63) is 29.8 Å². The van der Waals surface area contributed by atoms with E-state index in [-0.39, 0.29) is 5.91 Å². The van der Waals surface area contributed by atoms with E-state index in [1.807, 2.05) is 0 Å². The van der Waals surface area contributed by atoms with Crippen molar-refractivity contribution in [1.29, 1.82) is 0 Å². The van der Waals surface area contributed by atoms with Crippen LogP contribution in [-0.4, -0.2) is 36.8 Å². The third-order valence-corrected chi connectivity index (χ3v) is 4.71. The van der Waals surface area contributed by atoms with Gasteiger partial charge in [0, 0.05) is 43.0 Å². The van der Waals surface area contributed by atoms with E-state index in [1.54, 1.807) is 0 Å². The van der Waals surface area contributed by atoms with Crippen LogP contribution in [0, 0.1) is 0 Å². The van der Waals surface area contributed by atoms with Crippen LogP contribution >= 0.6 is 23.2 Å². The molecule has 0 radical (unpaired) electrons. The van der Waals surface area contributed by atoms with E-state index in [2.05, 4.69) is 34.5 Å². The summed E-state index contributed by atoms with van der Waals surface area (Å²) in [6, 6.07) is 8.76. The van der Waals surface area contributed by atoms with Crippen molar-refractivity contribution in [3.63, 3.8) is 0 Å². The molecule has 0 aliphatic heterocycles. The number of nitrogens with one attached hydrogen (secondary N) is 1. The van der Waals surface area contributed by atoms with Crippen LogP contribution < -0.4 is 10.2 Å². The van der Waals surface area contributed by atoms with Crippen molar-refractivity contribution in [2.75, 3.05) is 29.7 Å². The molecule has 1 fully saturated rings. The summed E-state index contributed by atoms with van der Waals surface area (Å²) >= 11 is 11.7. The van der Waals surface area contributed by atoms with Crippen molar-refractivity contribution in [3.8, 4) is 0 Å². The Morgan fingerprint density at radius 1 is 1.09 bits per heavy atom. The van der Waals surface area contributed by atoms with E-state index in [0.717, 1.165) is 38.0 Å². The minimum atomic E-state index is 0.173. The number of amides is 1. The lowest BCUT2D eigenvalue weighted by atomic mass is 10.1. The molecule has 0 bridgehead atoms. The first-order valence-corrected chi connectivity index (χ1v) is 9.55. The van der Waals surface area contributed by atoms with Gasteiger partial charge in [0.05, 0.1) is 0 Å². The summed E-state index contributed by atoms with van der Waals surface area (Å²) in [5.41, 5.74) is 2.32. The Hall–Kier alpha value is -0.930. The first kappa shape index (κ1) is 18.4. The molecule has 0 heterocycles. The Bertz CT molecular complexity index is 466. The van der Waals surface area contributed by atoms with Gasteiger partial charge >= 0.3 is 0 Å². The summed E-state index contributed by atoms with van der Waals surface area (Å²) in [5, 5.41) is 3.14. The number of rotatable bonds is 9. The second-order valence-electron chi connectivity index (χ2n) is 6.08. The number of aryl methyl sites for hydroxylation is 1. The fourth-order valence-corrected chi connectivity index (χ4v) is 3.48. The van der Waals surface area contributed by atoms with Gasteiger partial charge in [-0.1, -0.05) is 25.0 Å². The maximum absolute atomic E-state index is 12.0. The lowest BCUT2D eigenvalue weighted by Crippen LogP contribution is -2.32. The van der Waals surface area contributed by atoms with Crippen molar-refractivity contribution in [1.82, 2.24) is 5.32 Å². The number of hydrogen-bond donors (Lipinski definition) is 1. The molecule has 0 atom stereocenters. The molecule has 1 amide bonds. The minimum absolute atomic E-state index is 0.173. The van der Waals surface area contributed by atoms with Gasteiger partial charge < -0.3 is 10.2 Å². The Balaban J connectivity index is 1.80. The molecular formula is C18H26Cl2N2O. The molecule has 1 N–H and O–H groups in total. The first-order chi connectivity index (χ1) is 11.2. The molecule has 1 aromatic rings. The van der Waals surface area contributed by atoms with Crippen LogP contribution in [-0.2, 0) is 11.2 Å². The van der Waals surface area contributed by atoms with E-state index in [4.69, 9.17) is 23.2 Å². The lowest BCUT2D eigenvalue weighted by Gasteiger charge is -2.23. The Morgan fingerprint density at radius 3 is 2.26 bits per heavy atom. The smallest absolute Gasteiger partial charge is 0.220 e. The van der Waals surface area contributed by atoms with Crippen LogP contribution in [0.1, 0.15) is 37.7 Å². The predicted molar refractivity (Wildman–Crippen MR) is 98.8 cm³/mol. The van der Waals surface area contributed by atoms with Gasteiger partial charge in [0.25, 0.3) is 0 Å². The molecule has 0 aromatic heterocycles. The highest BCUT2D eigenvalue weighted by atomic mass is 35.5. The molecule has 23 heavy (non-hydrogen) atoms. The Labute approximate surface area is 149 Å². The molecule has 0 spiro atoms. The average molecular weight is 357 g/mol. The van der Waals surface area contributed by atoms with Gasteiger partial charge in [0.1, 0.15) is 0 Å². The molecule has 5 heteroatoms. The van der Waals surface area contributed by atoms with Crippen molar-refractivity contribution in [2.24, 2.45) is 0 Å². The van der Waals surface area contributed by atoms with Crippen LogP contribution in [0.5, 0.6) is 0 Å². The maximum atomic E-state index is 12.0. The molecule has 0 saturated heterocycles. The maximum Gasteiger partial charge on any atom is 0.220 e. The van der Waals surface area contributed by atoms with Crippen molar-refractivity contribution in [2.45, 2.75) is 44.6 Å². The van der Waals surface area contributed by atoms with Crippen LogP contribution in [0.15, 0.2) is 24.3 Å². The topological polar surface area (TPSA) is 32.3 Å². The molecule has 0 unspecified atom stereocenters. The van der Waals surface area contributed by atoms with Gasteiger partial charge in [-0.3, -0.25) is 4.79 Å². The monoisotopic (exact) mass is 356 g/mol. The van der Waals surface area contributed by atoms with Gasteiger partial charge in [-0.25, -0.2) is 0 Å². The highest BCUT2D eigenvalue weighted by Gasteiger charge is 2.16. The number of carbonyl (C=O) groups excluding carboxylic acids is 1. The van der Waals surface area contributed by atoms with Crippen LogP contribution in [0.2, 0.25) is 0 Å². The van der Waals surface area contributed by atoms with Crippen molar-refractivity contribution >= 4 is 34.8 Å². The largest absolute Gasteiger partial charge is 0.369 e. The van der Waals surface area contributed by atoms with E-state index in [9.17, 15) is 4.79 Å². The number of halogens is 2. The summed E-state index contributed by atoms with van der Waals surface area (Å²) < 4.78 is 0. The first-order valence-electron chi connectivity index (χ1n) is 8.48. The van der Waals surface area contributed by atoms with E-state index in [1.165, 1.54) is 18.4 Å². The fourth-order valence-electron chi connectivity index (χ4n) is 3.08. The number of carbonyl (C=O) groups is 1. The van der Waals surface area contributed by atoms with Gasteiger partial charge in [0.15, 0.2) is 0 Å². The summed E-state index contributed by atoms with van der Waals surface area (Å²) in [6.07, 6.45) is 6.10. The second-order valence-corrected chi connectivity index (χ2v) is 6.84. The zero-order chi connectivity index (χ0) is 16.5. The zero-order valence-electron chi connectivity index (χ0n) is 13.6. The highest BCUT2D eigenvalue weighted by molar-refractivity contribution is 6.18. The second kappa shape index (κ2) is 10.0. The zero-order valence-corrected chi connectivity index (χ0v) is 15.1. The molecule has 1 aliphatic rings. The van der Waals surface area contributed by atoms with E-state index < -0.39 is 0 Å². The van der Waals surface area contributed by atoms with E-state index in [0.29, 0.717) is 24.2 Å². The standard InChI is InChI=1S/C18H26Cl2N2O/c19-11-13-22(14-12-20)17-8-5-15(6-9-17)7-10-18(23)21-16-3-1-2-4-16/h5-6,8-9,16H,1-4,7,10-14H2,(H,21,23). The van der Waals surface area contributed by atoms with Crippen molar-refractivity contribution < 1.29 is 4.79 Å². The normalized spacial score (nSPS) is 14.9. The predicted octanol–water partition coefficient (Wildman–Crippen LogP) is 3.96. The Morgan fingerprint density at radius 2 is 1.70 bits per heavy atom.